The zero-order valence-electron chi connectivity index (χ0n) is 30.1. The van der Waals surface area contributed by atoms with Crippen LogP contribution in [0.25, 0.3) is 111 Å². The van der Waals surface area contributed by atoms with E-state index in [1.807, 2.05) is 48.5 Å². The highest BCUT2D eigenvalue weighted by Gasteiger charge is 2.19. The molecule has 0 aliphatic carbocycles. The number of fused-ring (bicyclic) bond motifs is 6. The van der Waals surface area contributed by atoms with E-state index in [0.717, 1.165) is 93.9 Å². The average molecular weight is 718 g/mol. The van der Waals surface area contributed by atoms with Gasteiger partial charge in [0.2, 0.25) is 0 Å². The van der Waals surface area contributed by atoms with Crippen molar-refractivity contribution in [3.05, 3.63) is 188 Å². The molecule has 0 saturated heterocycles. The van der Waals surface area contributed by atoms with Gasteiger partial charge in [0.05, 0.1) is 0 Å². The first kappa shape index (κ1) is 31.9. The van der Waals surface area contributed by atoms with Gasteiger partial charge in [-0.05, 0) is 64.2 Å². The molecule has 3 heterocycles. The fourth-order valence-electron chi connectivity index (χ4n) is 7.85. The number of para-hydroxylation sites is 2. The predicted molar refractivity (Wildman–Crippen MR) is 227 cm³/mol. The van der Waals surface area contributed by atoms with Gasteiger partial charge in [0.15, 0.2) is 17.5 Å². The van der Waals surface area contributed by atoms with Crippen LogP contribution < -0.4 is 0 Å². The minimum absolute atomic E-state index is 0.599. The highest BCUT2D eigenvalue weighted by atomic mass is 16.3. The summed E-state index contributed by atoms with van der Waals surface area (Å²) in [5.74, 6) is 1.84. The normalized spacial score (nSPS) is 11.6. The third-order valence-corrected chi connectivity index (χ3v) is 10.5. The van der Waals surface area contributed by atoms with Gasteiger partial charge in [-0.15, -0.1) is 0 Å². The smallest absolute Gasteiger partial charge is 0.164 e. The van der Waals surface area contributed by atoms with Crippen LogP contribution in [0.3, 0.4) is 0 Å². The molecular weight excluding hydrogens is 687 g/mol. The van der Waals surface area contributed by atoms with E-state index in [4.69, 9.17) is 23.8 Å². The summed E-state index contributed by atoms with van der Waals surface area (Å²) in [6.07, 6.45) is 0. The van der Waals surface area contributed by atoms with Crippen LogP contribution in [0.2, 0.25) is 0 Å². The van der Waals surface area contributed by atoms with E-state index in [2.05, 4.69) is 140 Å². The highest BCUT2D eigenvalue weighted by Crippen LogP contribution is 2.42. The lowest BCUT2D eigenvalue weighted by molar-refractivity contribution is 0.669. The molecule has 262 valence electrons. The summed E-state index contributed by atoms with van der Waals surface area (Å²) in [7, 11) is 0. The monoisotopic (exact) mass is 717 g/mol. The zero-order chi connectivity index (χ0) is 37.0. The van der Waals surface area contributed by atoms with Crippen LogP contribution in [-0.2, 0) is 0 Å². The van der Waals surface area contributed by atoms with Crippen LogP contribution in [0.5, 0.6) is 0 Å². The van der Waals surface area contributed by atoms with Crippen molar-refractivity contribution in [2.75, 3.05) is 0 Å². The molecule has 0 N–H and O–H groups in total. The van der Waals surface area contributed by atoms with E-state index in [0.29, 0.717) is 17.5 Å². The van der Waals surface area contributed by atoms with E-state index < -0.39 is 0 Å². The lowest BCUT2D eigenvalue weighted by atomic mass is 9.96. The van der Waals surface area contributed by atoms with Gasteiger partial charge in [-0.25, -0.2) is 15.0 Å². The molecule has 8 aromatic carbocycles. The zero-order valence-corrected chi connectivity index (χ0v) is 30.1. The quantitative estimate of drug-likeness (QED) is 0.171. The molecule has 0 atom stereocenters. The van der Waals surface area contributed by atoms with Crippen LogP contribution in [0.1, 0.15) is 0 Å². The molecule has 0 amide bonds. The highest BCUT2D eigenvalue weighted by molar-refractivity contribution is 6.16. The number of hydrogen-bond donors (Lipinski definition) is 0. The third kappa shape index (κ3) is 5.45. The lowest BCUT2D eigenvalue weighted by Gasteiger charge is -2.11. The van der Waals surface area contributed by atoms with Gasteiger partial charge in [-0.1, -0.05) is 152 Å². The molecule has 11 aromatic rings. The summed E-state index contributed by atoms with van der Waals surface area (Å²) in [5.41, 5.74) is 12.6. The van der Waals surface area contributed by atoms with Crippen molar-refractivity contribution in [1.29, 1.82) is 0 Å². The standard InChI is InChI=1S/C51H31N3O2/c1-3-13-32(14-4-1)34-17-9-19-37(29-34)50-52-49(33-15-5-2-6-16-33)53-51(54-50)38-20-10-18-35(30-38)40-23-11-24-42-47-39(22-12-26-46(47)56-48(40)42)36-27-28-45-43(31-36)41-21-7-8-25-44(41)55-45/h1-31H. The van der Waals surface area contributed by atoms with E-state index in [1.165, 1.54) is 0 Å². The number of nitrogens with zero attached hydrogens (tertiary/aromatic N) is 3. The minimum atomic E-state index is 0.599. The summed E-state index contributed by atoms with van der Waals surface area (Å²) < 4.78 is 12.9. The summed E-state index contributed by atoms with van der Waals surface area (Å²) >= 11 is 0. The van der Waals surface area contributed by atoms with E-state index >= 15 is 0 Å². The Morgan fingerprint density at radius 3 is 1.59 bits per heavy atom. The van der Waals surface area contributed by atoms with Crippen molar-refractivity contribution in [3.8, 4) is 67.5 Å². The molecule has 0 radical (unpaired) electrons. The average Bonchev–Trinajstić information content (AvgIpc) is 3.85. The predicted octanol–water partition coefficient (Wildman–Crippen LogP) is 13.7. The Morgan fingerprint density at radius 1 is 0.286 bits per heavy atom. The number of furan rings is 2. The molecule has 0 aliphatic rings. The second-order valence-electron chi connectivity index (χ2n) is 14.0. The van der Waals surface area contributed by atoms with Crippen molar-refractivity contribution < 1.29 is 8.83 Å². The van der Waals surface area contributed by atoms with Gasteiger partial charge in [-0.3, -0.25) is 0 Å². The van der Waals surface area contributed by atoms with Crippen LogP contribution in [-0.4, -0.2) is 15.0 Å². The maximum absolute atomic E-state index is 6.73. The topological polar surface area (TPSA) is 65.0 Å². The van der Waals surface area contributed by atoms with Crippen molar-refractivity contribution in [3.63, 3.8) is 0 Å². The maximum atomic E-state index is 6.73. The molecule has 0 spiro atoms. The first-order valence-corrected chi connectivity index (χ1v) is 18.7. The molecule has 5 nitrogen and oxygen atoms in total. The van der Waals surface area contributed by atoms with Gasteiger partial charge in [0.1, 0.15) is 22.3 Å². The third-order valence-electron chi connectivity index (χ3n) is 10.5. The van der Waals surface area contributed by atoms with E-state index in [9.17, 15) is 0 Å². The molecule has 0 saturated carbocycles. The maximum Gasteiger partial charge on any atom is 0.164 e. The largest absolute Gasteiger partial charge is 0.456 e. The molecule has 3 aromatic heterocycles. The fraction of sp³-hybridized carbons (Fsp3) is 0. The molecule has 0 bridgehead atoms. The van der Waals surface area contributed by atoms with Crippen LogP contribution in [0.15, 0.2) is 197 Å². The van der Waals surface area contributed by atoms with Crippen LogP contribution in [0, 0.1) is 0 Å². The lowest BCUT2D eigenvalue weighted by Crippen LogP contribution is -2.00. The van der Waals surface area contributed by atoms with Crippen molar-refractivity contribution in [2.45, 2.75) is 0 Å². The summed E-state index contributed by atoms with van der Waals surface area (Å²) in [6, 6.07) is 64.5. The number of hydrogen-bond acceptors (Lipinski definition) is 5. The summed E-state index contributed by atoms with van der Waals surface area (Å²) in [5, 5.41) is 4.35. The van der Waals surface area contributed by atoms with Crippen molar-refractivity contribution in [1.82, 2.24) is 15.0 Å². The van der Waals surface area contributed by atoms with Gasteiger partial charge >= 0.3 is 0 Å². The second-order valence-corrected chi connectivity index (χ2v) is 14.0. The summed E-state index contributed by atoms with van der Waals surface area (Å²) in [6.45, 7) is 0. The fourth-order valence-corrected chi connectivity index (χ4v) is 7.85. The Morgan fingerprint density at radius 2 is 0.804 bits per heavy atom. The number of rotatable bonds is 6. The van der Waals surface area contributed by atoms with Crippen molar-refractivity contribution in [2.24, 2.45) is 0 Å². The Bertz CT molecular complexity index is 3250. The number of benzene rings is 8. The first-order chi connectivity index (χ1) is 27.7. The Kier molecular flexibility index (Phi) is 7.42. The van der Waals surface area contributed by atoms with E-state index in [-0.39, 0.29) is 0 Å². The first-order valence-electron chi connectivity index (χ1n) is 18.7. The molecule has 11 rings (SSSR count). The van der Waals surface area contributed by atoms with Crippen molar-refractivity contribution >= 4 is 43.9 Å². The molecule has 0 fully saturated rings. The summed E-state index contributed by atoms with van der Waals surface area (Å²) in [4.78, 5) is 15.1. The van der Waals surface area contributed by atoms with Gasteiger partial charge in [-0.2, -0.15) is 0 Å². The van der Waals surface area contributed by atoms with Crippen LogP contribution >= 0.6 is 0 Å². The Balaban J connectivity index is 1.04. The minimum Gasteiger partial charge on any atom is -0.456 e. The van der Waals surface area contributed by atoms with Gasteiger partial charge in [0.25, 0.3) is 0 Å². The molecule has 5 heteroatoms. The van der Waals surface area contributed by atoms with Gasteiger partial charge < -0.3 is 8.83 Å². The van der Waals surface area contributed by atoms with Gasteiger partial charge in [0, 0.05) is 43.8 Å². The molecule has 56 heavy (non-hydrogen) atoms. The Labute approximate surface area is 322 Å². The molecule has 0 aliphatic heterocycles. The van der Waals surface area contributed by atoms with E-state index in [1.54, 1.807) is 0 Å². The second kappa shape index (κ2) is 13.0. The Hall–Kier alpha value is -7.63. The molecule has 0 unspecified atom stereocenters. The molecular formula is C51H31N3O2. The van der Waals surface area contributed by atoms with Crippen LogP contribution in [0.4, 0.5) is 0 Å². The SMILES string of the molecule is c1ccc(-c2cccc(-c3nc(-c4ccccc4)nc(-c4cccc(-c5cccc6c5oc5cccc(-c7ccc8oc9ccccc9c8c7)c56)c4)n3)c2)cc1. The number of aromatic nitrogens is 3.